The van der Waals surface area contributed by atoms with Gasteiger partial charge in [0.15, 0.2) is 0 Å². The summed E-state index contributed by atoms with van der Waals surface area (Å²) in [6.07, 6.45) is 4.27. The smallest absolute Gasteiger partial charge is 0.141 e. The maximum Gasteiger partial charge on any atom is 0.141 e. The van der Waals surface area contributed by atoms with Crippen LogP contribution in [0.25, 0.3) is 0 Å². The third-order valence-corrected chi connectivity index (χ3v) is 0.738. The van der Waals surface area contributed by atoms with Crippen molar-refractivity contribution in [2.75, 3.05) is 0 Å². The number of nitrogens with zero attached hydrogens (tertiary/aromatic N) is 1. The van der Waals surface area contributed by atoms with E-state index in [4.69, 9.17) is 16.9 Å². The fraction of sp³-hybridized carbons (Fsp3) is 0. The van der Waals surface area contributed by atoms with Gasteiger partial charge in [0.1, 0.15) is 5.84 Å². The van der Waals surface area contributed by atoms with Crippen LogP contribution in [-0.2, 0) is 0 Å². The first kappa shape index (κ1) is 8.42. The monoisotopic (exact) mass is 138 g/mol. The summed E-state index contributed by atoms with van der Waals surface area (Å²) in [6.45, 7) is 3.40. The molecule has 0 radical (unpaired) electrons. The SMILES string of the molecule is C=C(N=C/C=C\N)C(=N)N. The van der Waals surface area contributed by atoms with Crippen molar-refractivity contribution in [2.45, 2.75) is 0 Å². The third kappa shape index (κ3) is 3.43. The second-order valence-electron chi connectivity index (χ2n) is 1.52. The predicted molar refractivity (Wildman–Crippen MR) is 42.9 cm³/mol. The molecule has 4 heteroatoms. The van der Waals surface area contributed by atoms with Crippen molar-refractivity contribution in [1.29, 1.82) is 5.41 Å². The van der Waals surface area contributed by atoms with Gasteiger partial charge >= 0.3 is 0 Å². The number of allylic oxidation sites excluding steroid dienone is 1. The van der Waals surface area contributed by atoms with Crippen LogP contribution in [0.5, 0.6) is 0 Å². The van der Waals surface area contributed by atoms with Crippen LogP contribution >= 0.6 is 0 Å². The first-order valence-electron chi connectivity index (χ1n) is 2.62. The van der Waals surface area contributed by atoms with E-state index in [1.807, 2.05) is 0 Å². The van der Waals surface area contributed by atoms with E-state index in [1.54, 1.807) is 0 Å². The average Bonchev–Trinajstić information content (AvgIpc) is 1.88. The van der Waals surface area contributed by atoms with Crippen molar-refractivity contribution in [1.82, 2.24) is 0 Å². The summed E-state index contributed by atoms with van der Waals surface area (Å²) >= 11 is 0. The molecular formula is C6H10N4. The lowest BCUT2D eigenvalue weighted by Gasteiger charge is -1.90. The molecule has 0 spiro atoms. The van der Waals surface area contributed by atoms with E-state index in [9.17, 15) is 0 Å². The Bertz CT molecular complexity index is 190. The number of nitrogens with two attached hydrogens (primary N) is 2. The van der Waals surface area contributed by atoms with Crippen molar-refractivity contribution >= 4 is 12.1 Å². The van der Waals surface area contributed by atoms with Crippen LogP contribution in [0, 0.1) is 5.41 Å². The molecule has 0 fully saturated rings. The largest absolute Gasteiger partial charge is 0.405 e. The lowest BCUT2D eigenvalue weighted by molar-refractivity contribution is 1.37. The molecule has 0 aromatic carbocycles. The number of hydrogen-bond acceptors (Lipinski definition) is 3. The molecule has 0 amide bonds. The van der Waals surface area contributed by atoms with Crippen LogP contribution in [0.3, 0.4) is 0 Å². The van der Waals surface area contributed by atoms with Crippen LogP contribution in [0.4, 0.5) is 0 Å². The second-order valence-corrected chi connectivity index (χ2v) is 1.52. The van der Waals surface area contributed by atoms with E-state index in [2.05, 4.69) is 11.6 Å². The van der Waals surface area contributed by atoms with Gasteiger partial charge in [-0.25, -0.2) is 0 Å². The summed E-state index contributed by atoms with van der Waals surface area (Å²) in [5, 5.41) is 6.84. The Morgan fingerprint density at radius 2 is 2.20 bits per heavy atom. The standard InChI is InChI=1S/C6H10N4/c1-5(6(8)9)10-4-2-3-7/h2-4H,1,7H2,(H3,8,9)/b3-2-,10-4?. The fourth-order valence-corrected chi connectivity index (χ4v) is 0.252. The molecule has 5 N–H and O–H groups in total. The van der Waals surface area contributed by atoms with Crippen LogP contribution in [0.2, 0.25) is 0 Å². The molecule has 0 saturated heterocycles. The molecule has 0 aliphatic heterocycles. The molecule has 0 aromatic heterocycles. The number of hydrogen-bond donors (Lipinski definition) is 3. The van der Waals surface area contributed by atoms with Gasteiger partial charge in [0, 0.05) is 6.21 Å². The topological polar surface area (TPSA) is 88.2 Å². The van der Waals surface area contributed by atoms with Gasteiger partial charge in [-0.15, -0.1) is 0 Å². The summed E-state index contributed by atoms with van der Waals surface area (Å²) in [5.41, 5.74) is 10.3. The number of rotatable bonds is 3. The summed E-state index contributed by atoms with van der Waals surface area (Å²) in [6, 6.07) is 0. The molecular weight excluding hydrogens is 128 g/mol. The first-order valence-corrected chi connectivity index (χ1v) is 2.62. The maximum absolute atomic E-state index is 6.84. The normalized spacial score (nSPS) is 10.8. The van der Waals surface area contributed by atoms with Crippen molar-refractivity contribution in [3.05, 3.63) is 24.6 Å². The Balaban J connectivity index is 3.90. The van der Waals surface area contributed by atoms with Crippen LogP contribution < -0.4 is 11.5 Å². The summed E-state index contributed by atoms with van der Waals surface area (Å²) in [4.78, 5) is 3.68. The van der Waals surface area contributed by atoms with Gasteiger partial charge in [0.25, 0.3) is 0 Å². The van der Waals surface area contributed by atoms with E-state index in [0.717, 1.165) is 0 Å². The highest BCUT2D eigenvalue weighted by Gasteiger charge is 1.88. The molecule has 0 saturated carbocycles. The van der Waals surface area contributed by atoms with E-state index in [-0.39, 0.29) is 11.5 Å². The van der Waals surface area contributed by atoms with Crippen molar-refractivity contribution in [3.8, 4) is 0 Å². The highest BCUT2D eigenvalue weighted by molar-refractivity contribution is 5.95. The highest BCUT2D eigenvalue weighted by Crippen LogP contribution is 1.87. The minimum Gasteiger partial charge on any atom is -0.405 e. The Kier molecular flexibility index (Phi) is 3.63. The molecule has 0 aliphatic rings. The quantitative estimate of drug-likeness (QED) is 0.378. The number of aliphatic imine (C=N–C) groups is 1. The lowest BCUT2D eigenvalue weighted by atomic mass is 10.5. The van der Waals surface area contributed by atoms with Crippen molar-refractivity contribution in [3.63, 3.8) is 0 Å². The highest BCUT2D eigenvalue weighted by atomic mass is 14.8. The van der Waals surface area contributed by atoms with E-state index in [1.165, 1.54) is 18.5 Å². The Morgan fingerprint density at radius 3 is 2.60 bits per heavy atom. The van der Waals surface area contributed by atoms with Crippen LogP contribution in [-0.4, -0.2) is 12.1 Å². The zero-order chi connectivity index (χ0) is 7.98. The summed E-state index contributed by atoms with van der Waals surface area (Å²) in [7, 11) is 0. The zero-order valence-electron chi connectivity index (χ0n) is 5.54. The minimum atomic E-state index is -0.137. The fourth-order valence-electron chi connectivity index (χ4n) is 0.252. The maximum atomic E-state index is 6.84. The minimum absolute atomic E-state index is 0.137. The second kappa shape index (κ2) is 4.31. The molecule has 0 unspecified atom stereocenters. The molecule has 0 atom stereocenters. The number of nitrogens with one attached hydrogen (secondary N) is 1. The zero-order valence-corrected chi connectivity index (χ0v) is 5.54. The molecule has 0 bridgehead atoms. The lowest BCUT2D eigenvalue weighted by Crippen LogP contribution is -2.10. The average molecular weight is 138 g/mol. The van der Waals surface area contributed by atoms with Gasteiger partial charge in [-0.2, -0.15) is 0 Å². The summed E-state index contributed by atoms with van der Waals surface area (Å²) < 4.78 is 0. The van der Waals surface area contributed by atoms with Crippen LogP contribution in [0.1, 0.15) is 0 Å². The summed E-state index contributed by atoms with van der Waals surface area (Å²) in [5.74, 6) is -0.137. The predicted octanol–water partition coefficient (Wildman–Crippen LogP) is -0.0207. The van der Waals surface area contributed by atoms with E-state index >= 15 is 0 Å². The van der Waals surface area contributed by atoms with Crippen LogP contribution in [0.15, 0.2) is 29.5 Å². The first-order chi connectivity index (χ1) is 4.68. The van der Waals surface area contributed by atoms with E-state index in [0.29, 0.717) is 0 Å². The number of amidine groups is 1. The van der Waals surface area contributed by atoms with Gasteiger partial charge < -0.3 is 11.5 Å². The van der Waals surface area contributed by atoms with Gasteiger partial charge in [-0.1, -0.05) is 6.58 Å². The van der Waals surface area contributed by atoms with Crippen molar-refractivity contribution in [2.24, 2.45) is 16.5 Å². The Labute approximate surface area is 59.4 Å². The Hall–Kier alpha value is -1.58. The molecule has 0 aromatic rings. The van der Waals surface area contributed by atoms with Crippen molar-refractivity contribution < 1.29 is 0 Å². The van der Waals surface area contributed by atoms with Gasteiger partial charge in [0.05, 0.1) is 5.70 Å². The third-order valence-electron chi connectivity index (χ3n) is 0.738. The molecule has 54 valence electrons. The molecule has 10 heavy (non-hydrogen) atoms. The van der Waals surface area contributed by atoms with Gasteiger partial charge in [0.2, 0.25) is 0 Å². The molecule has 0 aliphatic carbocycles. The van der Waals surface area contributed by atoms with E-state index < -0.39 is 0 Å². The Morgan fingerprint density at radius 1 is 1.60 bits per heavy atom. The van der Waals surface area contributed by atoms with Gasteiger partial charge in [-0.3, -0.25) is 10.4 Å². The molecule has 0 heterocycles. The molecule has 4 nitrogen and oxygen atoms in total. The van der Waals surface area contributed by atoms with Gasteiger partial charge in [-0.05, 0) is 12.3 Å². The molecule has 0 rings (SSSR count).